The van der Waals surface area contributed by atoms with Crippen LogP contribution in [0.3, 0.4) is 0 Å². The van der Waals surface area contributed by atoms with Crippen molar-refractivity contribution in [2.24, 2.45) is 0 Å². The SMILES string of the molecule is CCCn1cncc1CNc1ccc2nc(C)sc2c1. The van der Waals surface area contributed by atoms with Gasteiger partial charge in [-0.05, 0) is 31.5 Å². The summed E-state index contributed by atoms with van der Waals surface area (Å²) in [4.78, 5) is 8.70. The van der Waals surface area contributed by atoms with Crippen molar-refractivity contribution in [3.63, 3.8) is 0 Å². The lowest BCUT2D eigenvalue weighted by Gasteiger charge is -2.09. The largest absolute Gasteiger partial charge is 0.379 e. The Balaban J connectivity index is 1.74. The number of anilines is 1. The van der Waals surface area contributed by atoms with E-state index in [9.17, 15) is 0 Å². The van der Waals surface area contributed by atoms with Crippen molar-refractivity contribution < 1.29 is 0 Å². The zero-order chi connectivity index (χ0) is 13.9. The highest BCUT2D eigenvalue weighted by Crippen LogP contribution is 2.24. The minimum atomic E-state index is 0.795. The molecule has 104 valence electrons. The van der Waals surface area contributed by atoms with Crippen molar-refractivity contribution in [2.75, 3.05) is 5.32 Å². The first-order valence-corrected chi connectivity index (χ1v) is 7.68. The van der Waals surface area contributed by atoms with Gasteiger partial charge >= 0.3 is 0 Å². The highest BCUT2D eigenvalue weighted by Gasteiger charge is 2.04. The van der Waals surface area contributed by atoms with E-state index in [4.69, 9.17) is 0 Å². The second-order valence-electron chi connectivity index (χ2n) is 4.85. The van der Waals surface area contributed by atoms with Gasteiger partial charge in [0.15, 0.2) is 0 Å². The summed E-state index contributed by atoms with van der Waals surface area (Å²) in [6.07, 6.45) is 4.95. The fourth-order valence-electron chi connectivity index (χ4n) is 2.28. The molecule has 0 saturated heterocycles. The molecule has 1 N–H and O–H groups in total. The normalized spacial score (nSPS) is 11.1. The number of benzene rings is 1. The number of hydrogen-bond acceptors (Lipinski definition) is 4. The van der Waals surface area contributed by atoms with Crippen LogP contribution in [0.4, 0.5) is 5.69 Å². The smallest absolute Gasteiger partial charge is 0.0948 e. The summed E-state index contributed by atoms with van der Waals surface area (Å²) in [5.41, 5.74) is 3.42. The van der Waals surface area contributed by atoms with Crippen molar-refractivity contribution in [1.29, 1.82) is 0 Å². The average Bonchev–Trinajstić information content (AvgIpc) is 3.01. The fourth-order valence-corrected chi connectivity index (χ4v) is 3.15. The van der Waals surface area contributed by atoms with Gasteiger partial charge in [-0.3, -0.25) is 0 Å². The molecular formula is C15H18N4S. The third kappa shape index (κ3) is 2.67. The van der Waals surface area contributed by atoms with Gasteiger partial charge in [0.2, 0.25) is 0 Å². The van der Waals surface area contributed by atoms with E-state index in [1.807, 2.05) is 19.4 Å². The zero-order valence-electron chi connectivity index (χ0n) is 11.8. The molecule has 0 radical (unpaired) electrons. The molecule has 0 aliphatic heterocycles. The first kappa shape index (κ1) is 13.1. The zero-order valence-corrected chi connectivity index (χ0v) is 12.6. The summed E-state index contributed by atoms with van der Waals surface area (Å²) in [5.74, 6) is 0. The van der Waals surface area contributed by atoms with E-state index in [-0.39, 0.29) is 0 Å². The summed E-state index contributed by atoms with van der Waals surface area (Å²) in [5, 5.41) is 4.57. The first-order valence-electron chi connectivity index (χ1n) is 6.86. The lowest BCUT2D eigenvalue weighted by molar-refractivity contribution is 0.651. The first-order chi connectivity index (χ1) is 9.76. The summed E-state index contributed by atoms with van der Waals surface area (Å²) in [6, 6.07) is 6.33. The van der Waals surface area contributed by atoms with Gasteiger partial charge < -0.3 is 9.88 Å². The lowest BCUT2D eigenvalue weighted by Crippen LogP contribution is -2.06. The summed E-state index contributed by atoms with van der Waals surface area (Å²) >= 11 is 1.73. The van der Waals surface area contributed by atoms with E-state index in [0.29, 0.717) is 0 Å². The van der Waals surface area contributed by atoms with Crippen LogP contribution in [-0.2, 0) is 13.1 Å². The molecular weight excluding hydrogens is 268 g/mol. The predicted molar refractivity (Wildman–Crippen MR) is 84.2 cm³/mol. The molecule has 5 heteroatoms. The molecule has 0 aliphatic rings. The number of thiazole rings is 1. The summed E-state index contributed by atoms with van der Waals surface area (Å²) in [7, 11) is 0. The Morgan fingerprint density at radius 3 is 3.10 bits per heavy atom. The average molecular weight is 286 g/mol. The number of fused-ring (bicyclic) bond motifs is 1. The number of nitrogens with zero attached hydrogens (tertiary/aromatic N) is 3. The number of hydrogen-bond donors (Lipinski definition) is 1. The van der Waals surface area contributed by atoms with Crippen LogP contribution in [-0.4, -0.2) is 14.5 Å². The van der Waals surface area contributed by atoms with E-state index in [2.05, 4.69) is 45.0 Å². The Morgan fingerprint density at radius 1 is 1.35 bits per heavy atom. The monoisotopic (exact) mass is 286 g/mol. The van der Waals surface area contributed by atoms with Crippen LogP contribution in [0.2, 0.25) is 0 Å². The Labute approximate surface area is 122 Å². The van der Waals surface area contributed by atoms with Crippen LogP contribution >= 0.6 is 11.3 Å². The Morgan fingerprint density at radius 2 is 2.25 bits per heavy atom. The molecule has 3 rings (SSSR count). The third-order valence-corrected chi connectivity index (χ3v) is 4.17. The molecule has 0 saturated carbocycles. The van der Waals surface area contributed by atoms with Crippen LogP contribution in [0.5, 0.6) is 0 Å². The van der Waals surface area contributed by atoms with Crippen molar-refractivity contribution >= 4 is 27.2 Å². The molecule has 0 bridgehead atoms. The maximum atomic E-state index is 4.48. The van der Waals surface area contributed by atoms with E-state index in [0.717, 1.165) is 35.7 Å². The minimum absolute atomic E-state index is 0.795. The van der Waals surface area contributed by atoms with Gasteiger partial charge in [0.05, 0.1) is 33.8 Å². The Kier molecular flexibility index (Phi) is 3.69. The van der Waals surface area contributed by atoms with Crippen LogP contribution < -0.4 is 5.32 Å². The van der Waals surface area contributed by atoms with Gasteiger partial charge in [-0.1, -0.05) is 6.92 Å². The minimum Gasteiger partial charge on any atom is -0.379 e. The second kappa shape index (κ2) is 5.63. The highest BCUT2D eigenvalue weighted by atomic mass is 32.1. The van der Waals surface area contributed by atoms with Crippen molar-refractivity contribution in [2.45, 2.75) is 33.4 Å². The van der Waals surface area contributed by atoms with Gasteiger partial charge in [-0.25, -0.2) is 9.97 Å². The van der Waals surface area contributed by atoms with E-state index >= 15 is 0 Å². The number of nitrogens with one attached hydrogen (secondary N) is 1. The summed E-state index contributed by atoms with van der Waals surface area (Å²) in [6.45, 7) is 6.03. The van der Waals surface area contributed by atoms with E-state index in [1.54, 1.807) is 11.3 Å². The molecule has 0 unspecified atom stereocenters. The maximum Gasteiger partial charge on any atom is 0.0948 e. The Bertz CT molecular complexity index is 714. The number of imidazole rings is 1. The fraction of sp³-hybridized carbons (Fsp3) is 0.333. The van der Waals surface area contributed by atoms with Gasteiger partial charge in [-0.2, -0.15) is 0 Å². The number of rotatable bonds is 5. The maximum absolute atomic E-state index is 4.48. The second-order valence-corrected chi connectivity index (χ2v) is 6.08. The molecule has 1 aromatic carbocycles. The predicted octanol–water partition coefficient (Wildman–Crippen LogP) is 3.82. The standard InChI is InChI=1S/C15H18N4S/c1-3-6-19-10-16-8-13(19)9-17-12-4-5-14-15(7-12)20-11(2)18-14/h4-5,7-8,10,17H,3,6,9H2,1-2H3. The van der Waals surface area contributed by atoms with Gasteiger partial charge in [0.25, 0.3) is 0 Å². The summed E-state index contributed by atoms with van der Waals surface area (Å²) < 4.78 is 3.43. The van der Waals surface area contributed by atoms with E-state index in [1.165, 1.54) is 10.4 Å². The van der Waals surface area contributed by atoms with Gasteiger partial charge in [0, 0.05) is 18.4 Å². The van der Waals surface area contributed by atoms with Crippen molar-refractivity contribution in [3.05, 3.63) is 41.4 Å². The van der Waals surface area contributed by atoms with Crippen LogP contribution in [0.25, 0.3) is 10.2 Å². The topological polar surface area (TPSA) is 42.7 Å². The van der Waals surface area contributed by atoms with Gasteiger partial charge in [-0.15, -0.1) is 11.3 Å². The molecule has 0 spiro atoms. The molecule has 3 aromatic rings. The number of aryl methyl sites for hydroxylation is 2. The van der Waals surface area contributed by atoms with E-state index < -0.39 is 0 Å². The molecule has 4 nitrogen and oxygen atoms in total. The third-order valence-electron chi connectivity index (χ3n) is 3.23. The Hall–Kier alpha value is -1.88. The highest BCUT2D eigenvalue weighted by molar-refractivity contribution is 7.18. The van der Waals surface area contributed by atoms with Crippen molar-refractivity contribution in [3.8, 4) is 0 Å². The molecule has 2 aromatic heterocycles. The van der Waals surface area contributed by atoms with Gasteiger partial charge in [0.1, 0.15) is 0 Å². The molecule has 0 aliphatic carbocycles. The number of aromatic nitrogens is 3. The lowest BCUT2D eigenvalue weighted by atomic mass is 10.3. The molecule has 0 atom stereocenters. The van der Waals surface area contributed by atoms with Crippen molar-refractivity contribution in [1.82, 2.24) is 14.5 Å². The van der Waals surface area contributed by atoms with Crippen LogP contribution in [0.1, 0.15) is 24.0 Å². The molecule has 0 amide bonds. The molecule has 2 heterocycles. The van der Waals surface area contributed by atoms with Crippen LogP contribution in [0.15, 0.2) is 30.7 Å². The van der Waals surface area contributed by atoms with Crippen LogP contribution in [0, 0.1) is 6.92 Å². The quantitative estimate of drug-likeness (QED) is 0.775. The molecule has 0 fully saturated rings. The molecule has 20 heavy (non-hydrogen) atoms.